The predicted octanol–water partition coefficient (Wildman–Crippen LogP) is 3.76. The summed E-state index contributed by atoms with van der Waals surface area (Å²) in [6, 6.07) is 8.53. The highest BCUT2D eigenvalue weighted by Crippen LogP contribution is 2.28. The standard InChI is InChI=1S/C16H16N2/c1-4-5-13-8-6-12-7-9-14-15(16(12)17-13)11(2)10-18(14)3/h4,6-10H,1,5H2,2-3H3. The first-order valence-electron chi connectivity index (χ1n) is 6.16. The molecule has 0 amide bonds. The van der Waals surface area contributed by atoms with Gasteiger partial charge < -0.3 is 4.57 Å². The highest BCUT2D eigenvalue weighted by Gasteiger charge is 2.08. The van der Waals surface area contributed by atoms with Gasteiger partial charge in [0.2, 0.25) is 0 Å². The van der Waals surface area contributed by atoms with E-state index in [4.69, 9.17) is 4.98 Å². The molecule has 0 unspecified atom stereocenters. The summed E-state index contributed by atoms with van der Waals surface area (Å²) in [7, 11) is 2.08. The Kier molecular flexibility index (Phi) is 2.44. The average molecular weight is 236 g/mol. The van der Waals surface area contributed by atoms with E-state index >= 15 is 0 Å². The van der Waals surface area contributed by atoms with Crippen molar-refractivity contribution in [2.75, 3.05) is 0 Å². The first kappa shape index (κ1) is 11.0. The minimum absolute atomic E-state index is 0.818. The van der Waals surface area contributed by atoms with E-state index in [9.17, 15) is 0 Å². The zero-order valence-corrected chi connectivity index (χ0v) is 10.8. The van der Waals surface area contributed by atoms with Crippen molar-refractivity contribution in [1.29, 1.82) is 0 Å². The van der Waals surface area contributed by atoms with Crippen LogP contribution < -0.4 is 0 Å². The Labute approximate surface area is 107 Å². The highest BCUT2D eigenvalue weighted by atomic mass is 14.9. The van der Waals surface area contributed by atoms with Gasteiger partial charge in [0.05, 0.1) is 11.0 Å². The molecule has 2 aromatic heterocycles. The van der Waals surface area contributed by atoms with E-state index in [-0.39, 0.29) is 0 Å². The number of pyridine rings is 1. The molecule has 0 atom stereocenters. The van der Waals surface area contributed by atoms with Crippen molar-refractivity contribution in [2.24, 2.45) is 7.05 Å². The number of fused-ring (bicyclic) bond motifs is 3. The van der Waals surface area contributed by atoms with Gasteiger partial charge in [-0.1, -0.05) is 18.2 Å². The van der Waals surface area contributed by atoms with Gasteiger partial charge in [-0.15, -0.1) is 6.58 Å². The highest BCUT2D eigenvalue weighted by molar-refractivity contribution is 6.06. The Morgan fingerprint density at radius 3 is 2.83 bits per heavy atom. The summed E-state index contributed by atoms with van der Waals surface area (Å²) in [6.45, 7) is 5.92. The van der Waals surface area contributed by atoms with Gasteiger partial charge in [0.1, 0.15) is 0 Å². The van der Waals surface area contributed by atoms with Crippen molar-refractivity contribution in [3.05, 3.63) is 54.4 Å². The fourth-order valence-corrected chi connectivity index (χ4v) is 2.59. The summed E-state index contributed by atoms with van der Waals surface area (Å²) in [4.78, 5) is 4.78. The van der Waals surface area contributed by atoms with E-state index in [1.165, 1.54) is 21.9 Å². The maximum atomic E-state index is 4.78. The van der Waals surface area contributed by atoms with E-state index in [0.29, 0.717) is 0 Å². The zero-order valence-electron chi connectivity index (χ0n) is 10.8. The number of aryl methyl sites for hydroxylation is 2. The van der Waals surface area contributed by atoms with Crippen molar-refractivity contribution < 1.29 is 0 Å². The molecule has 0 saturated heterocycles. The Bertz CT molecular complexity index is 750. The second-order valence-electron chi connectivity index (χ2n) is 4.75. The van der Waals surface area contributed by atoms with Crippen LogP contribution in [0.1, 0.15) is 11.3 Å². The molecule has 3 aromatic rings. The lowest BCUT2D eigenvalue weighted by atomic mass is 10.1. The molecule has 3 rings (SSSR count). The molecular formula is C16H16N2. The van der Waals surface area contributed by atoms with Crippen molar-refractivity contribution in [1.82, 2.24) is 9.55 Å². The number of allylic oxidation sites excluding steroid dienone is 1. The summed E-state index contributed by atoms with van der Waals surface area (Å²) in [6.07, 6.45) is 4.87. The van der Waals surface area contributed by atoms with Crippen LogP contribution >= 0.6 is 0 Å². The second-order valence-corrected chi connectivity index (χ2v) is 4.75. The number of nitrogens with zero attached hydrogens (tertiary/aromatic N) is 2. The van der Waals surface area contributed by atoms with Crippen molar-refractivity contribution in [2.45, 2.75) is 13.3 Å². The molecule has 0 aliphatic heterocycles. The average Bonchev–Trinajstić information content (AvgIpc) is 2.65. The van der Waals surface area contributed by atoms with Crippen molar-refractivity contribution in [3.8, 4) is 0 Å². The first-order chi connectivity index (χ1) is 8.70. The minimum atomic E-state index is 0.818. The molecule has 0 N–H and O–H groups in total. The minimum Gasteiger partial charge on any atom is -0.350 e. The summed E-state index contributed by atoms with van der Waals surface area (Å²) >= 11 is 0. The molecular weight excluding hydrogens is 220 g/mol. The normalized spacial score (nSPS) is 11.2. The molecule has 2 nitrogen and oxygen atoms in total. The van der Waals surface area contributed by atoms with Gasteiger partial charge >= 0.3 is 0 Å². The number of rotatable bonds is 2. The number of hydrogen-bond donors (Lipinski definition) is 0. The zero-order chi connectivity index (χ0) is 12.7. The number of hydrogen-bond acceptors (Lipinski definition) is 1. The first-order valence-corrected chi connectivity index (χ1v) is 6.16. The maximum absolute atomic E-state index is 4.78. The monoisotopic (exact) mass is 236 g/mol. The summed E-state index contributed by atoms with van der Waals surface area (Å²) in [5.41, 5.74) is 4.70. The van der Waals surface area contributed by atoms with E-state index in [0.717, 1.165) is 17.6 Å². The topological polar surface area (TPSA) is 17.8 Å². The van der Waals surface area contributed by atoms with Crippen LogP contribution in [0.25, 0.3) is 21.8 Å². The third-order valence-electron chi connectivity index (χ3n) is 3.41. The van der Waals surface area contributed by atoms with Crippen molar-refractivity contribution in [3.63, 3.8) is 0 Å². The molecule has 0 spiro atoms. The molecule has 0 saturated carbocycles. The third kappa shape index (κ3) is 1.53. The van der Waals surface area contributed by atoms with Crippen LogP contribution in [0.4, 0.5) is 0 Å². The molecule has 0 fully saturated rings. The van der Waals surface area contributed by atoms with Crippen LogP contribution in [0.3, 0.4) is 0 Å². The Morgan fingerprint density at radius 1 is 1.28 bits per heavy atom. The molecule has 0 aliphatic carbocycles. The van der Waals surface area contributed by atoms with Gasteiger partial charge in [0.15, 0.2) is 0 Å². The maximum Gasteiger partial charge on any atom is 0.0801 e. The van der Waals surface area contributed by atoms with E-state index in [2.05, 4.69) is 55.6 Å². The lowest BCUT2D eigenvalue weighted by Crippen LogP contribution is -1.90. The molecule has 90 valence electrons. The van der Waals surface area contributed by atoms with Crippen LogP contribution in [0.15, 0.2) is 43.1 Å². The summed E-state index contributed by atoms with van der Waals surface area (Å²) < 4.78 is 2.16. The van der Waals surface area contributed by atoms with Crippen LogP contribution in [-0.4, -0.2) is 9.55 Å². The van der Waals surface area contributed by atoms with Crippen molar-refractivity contribution >= 4 is 21.8 Å². The lowest BCUT2D eigenvalue weighted by Gasteiger charge is -2.04. The molecule has 2 heterocycles. The number of benzene rings is 1. The summed E-state index contributed by atoms with van der Waals surface area (Å²) in [5, 5.41) is 2.46. The fourth-order valence-electron chi connectivity index (χ4n) is 2.59. The second kappa shape index (κ2) is 3.98. The summed E-state index contributed by atoms with van der Waals surface area (Å²) in [5.74, 6) is 0. The van der Waals surface area contributed by atoms with Crippen LogP contribution in [0.5, 0.6) is 0 Å². The lowest BCUT2D eigenvalue weighted by molar-refractivity contribution is 0.964. The smallest absolute Gasteiger partial charge is 0.0801 e. The van der Waals surface area contributed by atoms with E-state index < -0.39 is 0 Å². The Balaban J connectivity index is 2.43. The quantitative estimate of drug-likeness (QED) is 0.619. The largest absolute Gasteiger partial charge is 0.350 e. The Morgan fingerprint density at radius 2 is 2.06 bits per heavy atom. The molecule has 2 heteroatoms. The van der Waals surface area contributed by atoms with Gasteiger partial charge in [0.25, 0.3) is 0 Å². The molecule has 0 radical (unpaired) electrons. The van der Waals surface area contributed by atoms with Crippen LogP contribution in [-0.2, 0) is 13.5 Å². The Hall–Kier alpha value is -2.09. The van der Waals surface area contributed by atoms with Gasteiger partial charge in [-0.2, -0.15) is 0 Å². The molecule has 0 aliphatic rings. The molecule has 1 aromatic carbocycles. The molecule has 0 bridgehead atoms. The fraction of sp³-hybridized carbons (Fsp3) is 0.188. The van der Waals surface area contributed by atoms with Gasteiger partial charge in [-0.25, -0.2) is 0 Å². The van der Waals surface area contributed by atoms with Crippen LogP contribution in [0, 0.1) is 6.92 Å². The van der Waals surface area contributed by atoms with Gasteiger partial charge in [0, 0.05) is 36.1 Å². The SMILES string of the molecule is C=CCc1ccc2ccc3c(c(C)cn3C)c2n1. The van der Waals surface area contributed by atoms with Crippen LogP contribution in [0.2, 0.25) is 0 Å². The number of aromatic nitrogens is 2. The predicted molar refractivity (Wildman–Crippen MR) is 76.9 cm³/mol. The van der Waals surface area contributed by atoms with Gasteiger partial charge in [-0.05, 0) is 24.6 Å². The van der Waals surface area contributed by atoms with E-state index in [1.54, 1.807) is 0 Å². The van der Waals surface area contributed by atoms with Gasteiger partial charge in [-0.3, -0.25) is 4.98 Å². The molecule has 18 heavy (non-hydrogen) atoms. The van der Waals surface area contributed by atoms with E-state index in [1.807, 2.05) is 6.08 Å². The third-order valence-corrected chi connectivity index (χ3v) is 3.41.